The third-order valence-corrected chi connectivity index (χ3v) is 5.02. The van der Waals surface area contributed by atoms with E-state index in [9.17, 15) is 9.90 Å². The highest BCUT2D eigenvalue weighted by molar-refractivity contribution is 6.32. The number of nitrogens with zero attached hydrogens (tertiary/aromatic N) is 2. The molecule has 0 spiro atoms. The van der Waals surface area contributed by atoms with Gasteiger partial charge in [0.05, 0.1) is 17.3 Å². The van der Waals surface area contributed by atoms with E-state index in [-0.39, 0.29) is 11.7 Å². The molecule has 3 rings (SSSR count). The number of hydrogen-bond donors (Lipinski definition) is 2. The molecule has 1 aromatic heterocycles. The van der Waals surface area contributed by atoms with Gasteiger partial charge in [-0.15, -0.1) is 0 Å². The molecule has 0 radical (unpaired) electrons. The number of aliphatic hydroxyl groups excluding tert-OH is 1. The average Bonchev–Trinajstić information content (AvgIpc) is 2.81. The maximum absolute atomic E-state index is 12.4. The SMILES string of the molecule is O=c1c(NCC2CCC(O)C2)c(Cl)cnn1CC1CCC1. The number of rotatable bonds is 5. The Morgan fingerprint density at radius 2 is 2.14 bits per heavy atom. The fourth-order valence-corrected chi connectivity index (χ4v) is 3.35. The summed E-state index contributed by atoms with van der Waals surface area (Å²) in [5, 5.41) is 17.3. The van der Waals surface area contributed by atoms with Crippen molar-refractivity contribution in [3.05, 3.63) is 21.6 Å². The van der Waals surface area contributed by atoms with E-state index in [1.54, 1.807) is 6.20 Å². The first-order chi connectivity index (χ1) is 10.1. The predicted octanol–water partition coefficient (Wildman–Crippen LogP) is 2.27. The summed E-state index contributed by atoms with van der Waals surface area (Å²) in [5.74, 6) is 0.984. The highest BCUT2D eigenvalue weighted by Gasteiger charge is 2.24. The van der Waals surface area contributed by atoms with Crippen molar-refractivity contribution < 1.29 is 5.11 Å². The molecule has 2 unspecified atom stereocenters. The Bertz CT molecular complexity index is 556. The molecule has 2 aliphatic carbocycles. The summed E-state index contributed by atoms with van der Waals surface area (Å²) in [6.07, 6.45) is 7.61. The molecule has 0 aromatic carbocycles. The molecule has 21 heavy (non-hydrogen) atoms. The molecule has 6 heteroatoms. The van der Waals surface area contributed by atoms with Crippen LogP contribution in [0.15, 0.2) is 11.0 Å². The first-order valence-electron chi connectivity index (χ1n) is 7.81. The standard InChI is InChI=1S/C15H22ClN3O2/c16-13-8-18-19(9-10-2-1-3-10)15(21)14(13)17-7-11-4-5-12(20)6-11/h8,10-12,17,20H,1-7,9H2. The smallest absolute Gasteiger partial charge is 0.291 e. The second-order valence-electron chi connectivity index (χ2n) is 6.37. The van der Waals surface area contributed by atoms with E-state index in [0.717, 1.165) is 19.3 Å². The lowest BCUT2D eigenvalue weighted by atomic mass is 9.85. The normalized spacial score (nSPS) is 25.8. The molecule has 2 aliphatic rings. The fraction of sp³-hybridized carbons (Fsp3) is 0.733. The van der Waals surface area contributed by atoms with Crippen molar-refractivity contribution in [1.29, 1.82) is 0 Å². The van der Waals surface area contributed by atoms with Crippen LogP contribution in [0.1, 0.15) is 38.5 Å². The number of halogens is 1. The summed E-state index contributed by atoms with van der Waals surface area (Å²) in [4.78, 5) is 12.4. The van der Waals surface area contributed by atoms with Crippen molar-refractivity contribution in [1.82, 2.24) is 9.78 Å². The van der Waals surface area contributed by atoms with Crippen molar-refractivity contribution in [2.45, 2.75) is 51.2 Å². The fourth-order valence-electron chi connectivity index (χ4n) is 3.16. The molecule has 1 heterocycles. The summed E-state index contributed by atoms with van der Waals surface area (Å²) in [5.41, 5.74) is 0.320. The van der Waals surface area contributed by atoms with Gasteiger partial charge >= 0.3 is 0 Å². The predicted molar refractivity (Wildman–Crippen MR) is 82.7 cm³/mol. The van der Waals surface area contributed by atoms with Crippen LogP contribution < -0.4 is 10.9 Å². The number of nitrogens with one attached hydrogen (secondary N) is 1. The first kappa shape index (κ1) is 14.9. The Kier molecular flexibility index (Phi) is 4.50. The van der Waals surface area contributed by atoms with Crippen molar-refractivity contribution >= 4 is 17.3 Å². The van der Waals surface area contributed by atoms with Gasteiger partial charge in [-0.05, 0) is 43.9 Å². The minimum absolute atomic E-state index is 0.132. The van der Waals surface area contributed by atoms with Crippen molar-refractivity contribution in [2.24, 2.45) is 11.8 Å². The van der Waals surface area contributed by atoms with Gasteiger partial charge in [-0.2, -0.15) is 5.10 Å². The Labute approximate surface area is 129 Å². The van der Waals surface area contributed by atoms with E-state index < -0.39 is 0 Å². The number of anilines is 1. The number of hydrogen-bond acceptors (Lipinski definition) is 4. The monoisotopic (exact) mass is 311 g/mol. The number of aromatic nitrogens is 2. The Balaban J connectivity index is 1.68. The van der Waals surface area contributed by atoms with Crippen LogP contribution in [0, 0.1) is 11.8 Å². The van der Waals surface area contributed by atoms with Gasteiger partial charge in [0.15, 0.2) is 0 Å². The third-order valence-electron chi connectivity index (χ3n) is 4.73. The van der Waals surface area contributed by atoms with Crippen LogP contribution in [0.3, 0.4) is 0 Å². The minimum Gasteiger partial charge on any atom is -0.393 e. The van der Waals surface area contributed by atoms with Crippen LogP contribution in [0.2, 0.25) is 5.02 Å². The molecule has 2 atom stereocenters. The molecule has 5 nitrogen and oxygen atoms in total. The summed E-state index contributed by atoms with van der Waals surface area (Å²) in [6.45, 7) is 1.37. The van der Waals surface area contributed by atoms with E-state index in [4.69, 9.17) is 11.6 Å². The van der Waals surface area contributed by atoms with Gasteiger partial charge in [0, 0.05) is 13.1 Å². The van der Waals surface area contributed by atoms with E-state index in [1.165, 1.54) is 23.9 Å². The Hall–Kier alpha value is -1.07. The van der Waals surface area contributed by atoms with Crippen molar-refractivity contribution in [3.63, 3.8) is 0 Å². The summed E-state index contributed by atoms with van der Waals surface area (Å²) >= 11 is 6.11. The van der Waals surface area contributed by atoms with Crippen LogP contribution in [0.4, 0.5) is 5.69 Å². The molecule has 2 N–H and O–H groups in total. The first-order valence-corrected chi connectivity index (χ1v) is 8.19. The number of aliphatic hydroxyl groups is 1. The highest BCUT2D eigenvalue weighted by atomic mass is 35.5. The summed E-state index contributed by atoms with van der Waals surface area (Å²) in [6, 6.07) is 0. The zero-order chi connectivity index (χ0) is 14.8. The molecule has 2 fully saturated rings. The Morgan fingerprint density at radius 1 is 1.33 bits per heavy atom. The van der Waals surface area contributed by atoms with E-state index in [0.29, 0.717) is 35.6 Å². The second-order valence-corrected chi connectivity index (χ2v) is 6.77. The highest BCUT2D eigenvalue weighted by Crippen LogP contribution is 2.28. The van der Waals surface area contributed by atoms with Gasteiger partial charge in [0.25, 0.3) is 5.56 Å². The van der Waals surface area contributed by atoms with Gasteiger partial charge in [-0.25, -0.2) is 4.68 Å². The van der Waals surface area contributed by atoms with Crippen molar-refractivity contribution in [3.8, 4) is 0 Å². The van der Waals surface area contributed by atoms with Gasteiger partial charge in [-0.3, -0.25) is 4.79 Å². The average molecular weight is 312 g/mol. The molecule has 0 amide bonds. The van der Waals surface area contributed by atoms with Crippen LogP contribution in [0.25, 0.3) is 0 Å². The van der Waals surface area contributed by atoms with Gasteiger partial charge in [-0.1, -0.05) is 18.0 Å². The van der Waals surface area contributed by atoms with E-state index in [1.807, 2.05) is 0 Å². The summed E-state index contributed by atoms with van der Waals surface area (Å²) < 4.78 is 1.53. The van der Waals surface area contributed by atoms with Crippen LogP contribution >= 0.6 is 11.6 Å². The molecule has 0 bridgehead atoms. The third kappa shape index (κ3) is 3.40. The topological polar surface area (TPSA) is 67.2 Å². The summed E-state index contributed by atoms with van der Waals surface area (Å²) in [7, 11) is 0. The maximum Gasteiger partial charge on any atom is 0.291 e. The maximum atomic E-state index is 12.4. The molecule has 0 saturated heterocycles. The second kappa shape index (κ2) is 6.36. The van der Waals surface area contributed by atoms with E-state index >= 15 is 0 Å². The zero-order valence-corrected chi connectivity index (χ0v) is 12.9. The van der Waals surface area contributed by atoms with Crippen LogP contribution in [-0.2, 0) is 6.54 Å². The zero-order valence-electron chi connectivity index (χ0n) is 12.1. The minimum atomic E-state index is -0.194. The quantitative estimate of drug-likeness (QED) is 0.875. The van der Waals surface area contributed by atoms with Gasteiger partial charge in [0.1, 0.15) is 5.69 Å². The van der Waals surface area contributed by atoms with Gasteiger partial charge in [0.2, 0.25) is 0 Å². The Morgan fingerprint density at radius 3 is 2.76 bits per heavy atom. The van der Waals surface area contributed by atoms with Crippen molar-refractivity contribution in [2.75, 3.05) is 11.9 Å². The van der Waals surface area contributed by atoms with Gasteiger partial charge < -0.3 is 10.4 Å². The van der Waals surface area contributed by atoms with Crippen LogP contribution in [0.5, 0.6) is 0 Å². The molecular formula is C15H22ClN3O2. The largest absolute Gasteiger partial charge is 0.393 e. The van der Waals surface area contributed by atoms with Crippen LogP contribution in [-0.4, -0.2) is 27.5 Å². The molecule has 0 aliphatic heterocycles. The molecule has 2 saturated carbocycles. The van der Waals surface area contributed by atoms with E-state index in [2.05, 4.69) is 10.4 Å². The molecular weight excluding hydrogens is 290 g/mol. The lowest BCUT2D eigenvalue weighted by molar-refractivity contribution is 0.178. The molecule has 1 aromatic rings. The lowest BCUT2D eigenvalue weighted by Gasteiger charge is -2.25. The lowest BCUT2D eigenvalue weighted by Crippen LogP contribution is -2.31. The molecule has 116 valence electrons.